The summed E-state index contributed by atoms with van der Waals surface area (Å²) in [7, 11) is 1.09. The van der Waals surface area contributed by atoms with Gasteiger partial charge in [-0.2, -0.15) is 0 Å². The molecule has 0 saturated carbocycles. The Morgan fingerprint density at radius 2 is 1.20 bits per heavy atom. The van der Waals surface area contributed by atoms with Gasteiger partial charge in [-0.1, -0.05) is 86.8 Å². The Hall–Kier alpha value is -2.55. The Bertz CT molecular complexity index is 992. The van der Waals surface area contributed by atoms with Gasteiger partial charge in [0.05, 0.1) is 27.7 Å². The van der Waals surface area contributed by atoms with E-state index in [1.54, 1.807) is 0 Å². The Balaban J connectivity index is 4.37. The summed E-state index contributed by atoms with van der Waals surface area (Å²) in [6, 6.07) is 0. The quantitative estimate of drug-likeness (QED) is 0.0435. The number of carbonyl (C=O) groups is 2. The van der Waals surface area contributed by atoms with Crippen LogP contribution in [0, 0.1) is 0 Å². The molecule has 250 valence electrons. The van der Waals surface area contributed by atoms with Crippen LogP contribution in [0.3, 0.4) is 0 Å². The largest absolute Gasteiger partial charge is 0.756 e. The van der Waals surface area contributed by atoms with Crippen molar-refractivity contribution in [3.8, 4) is 0 Å². The molecular formula is C34H56NO8P. The first-order valence-corrected chi connectivity index (χ1v) is 17.1. The van der Waals surface area contributed by atoms with Gasteiger partial charge in [-0.05, 0) is 51.4 Å². The number of phosphoric ester groups is 1. The zero-order valence-electron chi connectivity index (χ0n) is 27.6. The monoisotopic (exact) mass is 637 g/mol. The molecule has 0 bridgehead atoms. The third-order valence-electron chi connectivity index (χ3n) is 5.72. The number of carbonyl (C=O) groups excluding carboxylic acids is 2. The van der Waals surface area contributed by atoms with Gasteiger partial charge >= 0.3 is 11.9 Å². The van der Waals surface area contributed by atoms with Crippen LogP contribution in [0.5, 0.6) is 0 Å². The van der Waals surface area contributed by atoms with Crippen molar-refractivity contribution < 1.29 is 42.1 Å². The first-order chi connectivity index (χ1) is 21.0. The SMILES string of the molecule is CC/C=C\C/C=C\C/C=C\C/C=C\C/C=C\C/C=C\CCC(=O)OC(COC(=O)CCC)COP(=O)([O-])OCC[N+](C)(C)C. The highest BCUT2D eigenvalue weighted by Gasteiger charge is 2.21. The molecule has 10 heteroatoms. The molecule has 0 aliphatic carbocycles. The molecule has 0 radical (unpaired) electrons. The van der Waals surface area contributed by atoms with E-state index in [1.165, 1.54) is 0 Å². The third kappa shape index (κ3) is 29.5. The second kappa shape index (κ2) is 26.8. The van der Waals surface area contributed by atoms with Crippen molar-refractivity contribution in [2.24, 2.45) is 0 Å². The number of quaternary nitrogens is 1. The van der Waals surface area contributed by atoms with Gasteiger partial charge in [0.2, 0.25) is 0 Å². The normalized spacial score (nSPS) is 15.0. The molecule has 0 aromatic heterocycles. The third-order valence-corrected chi connectivity index (χ3v) is 6.69. The molecule has 0 fully saturated rings. The summed E-state index contributed by atoms with van der Waals surface area (Å²) in [5.74, 6) is -1.01. The van der Waals surface area contributed by atoms with E-state index in [-0.39, 0.29) is 26.1 Å². The first-order valence-electron chi connectivity index (χ1n) is 15.6. The number of likely N-dealkylation sites (N-methyl/N-ethyl adjacent to an activating group) is 1. The maximum atomic E-state index is 12.3. The van der Waals surface area contributed by atoms with E-state index in [9.17, 15) is 19.0 Å². The molecule has 0 aliphatic rings. The fourth-order valence-electron chi connectivity index (χ4n) is 3.30. The lowest BCUT2D eigenvalue weighted by molar-refractivity contribution is -0.870. The number of ether oxygens (including phenoxy) is 2. The lowest BCUT2D eigenvalue weighted by atomic mass is 10.2. The molecule has 0 spiro atoms. The number of rotatable bonds is 26. The van der Waals surface area contributed by atoms with Gasteiger partial charge in [0.1, 0.15) is 19.8 Å². The van der Waals surface area contributed by atoms with Crippen molar-refractivity contribution in [1.29, 1.82) is 0 Å². The van der Waals surface area contributed by atoms with Gasteiger partial charge in [-0.25, -0.2) is 0 Å². The van der Waals surface area contributed by atoms with Gasteiger partial charge < -0.3 is 27.9 Å². The highest BCUT2D eigenvalue weighted by Crippen LogP contribution is 2.38. The number of hydrogen-bond acceptors (Lipinski definition) is 8. The van der Waals surface area contributed by atoms with Gasteiger partial charge in [0.15, 0.2) is 6.10 Å². The highest BCUT2D eigenvalue weighted by molar-refractivity contribution is 7.45. The highest BCUT2D eigenvalue weighted by atomic mass is 31.2. The van der Waals surface area contributed by atoms with E-state index >= 15 is 0 Å². The van der Waals surface area contributed by atoms with Crippen LogP contribution < -0.4 is 4.89 Å². The molecule has 9 nitrogen and oxygen atoms in total. The summed E-state index contributed by atoms with van der Waals surface area (Å²) in [6.07, 6.45) is 31.2. The maximum absolute atomic E-state index is 12.3. The molecule has 0 saturated heterocycles. The Labute approximate surface area is 266 Å². The average Bonchev–Trinajstić information content (AvgIpc) is 2.95. The average molecular weight is 638 g/mol. The van der Waals surface area contributed by atoms with Crippen molar-refractivity contribution in [3.05, 3.63) is 72.9 Å². The van der Waals surface area contributed by atoms with Crippen molar-refractivity contribution in [2.75, 3.05) is 47.5 Å². The van der Waals surface area contributed by atoms with E-state index < -0.39 is 32.5 Å². The van der Waals surface area contributed by atoms with E-state index in [1.807, 2.05) is 40.2 Å². The standard InChI is InChI=1S/C34H56NO8P/c1-6-8-9-10-11-12-13-14-15-16-17-18-19-20-21-22-23-24-25-27-34(37)43-32(30-40-33(36)26-7-2)31-42-44(38,39)41-29-28-35(3,4)5/h8-9,11-12,14-15,17-18,20-21,23-24,32H,6-7,10,13,16,19,22,25-31H2,1-5H3/b9-8-,12-11-,15-14-,18-17-,21-20-,24-23-. The van der Waals surface area contributed by atoms with Crippen LogP contribution >= 0.6 is 7.82 Å². The van der Waals surface area contributed by atoms with Gasteiger partial charge in [0.25, 0.3) is 7.82 Å². The molecule has 0 rings (SSSR count). The lowest BCUT2D eigenvalue weighted by Gasteiger charge is -2.28. The summed E-state index contributed by atoms with van der Waals surface area (Å²) >= 11 is 0. The minimum Gasteiger partial charge on any atom is -0.756 e. The Morgan fingerprint density at radius 1 is 0.705 bits per heavy atom. The molecule has 2 unspecified atom stereocenters. The van der Waals surface area contributed by atoms with Crippen LogP contribution in [-0.2, 0) is 32.7 Å². The molecule has 0 heterocycles. The number of nitrogens with zero attached hydrogens (tertiary/aromatic N) is 1. The summed E-state index contributed by atoms with van der Waals surface area (Å²) in [6.45, 7) is 3.57. The maximum Gasteiger partial charge on any atom is 0.306 e. The lowest BCUT2D eigenvalue weighted by Crippen LogP contribution is -2.37. The van der Waals surface area contributed by atoms with Crippen molar-refractivity contribution in [3.63, 3.8) is 0 Å². The van der Waals surface area contributed by atoms with Crippen LogP contribution in [0.4, 0.5) is 0 Å². The number of allylic oxidation sites excluding steroid dienone is 12. The summed E-state index contributed by atoms with van der Waals surface area (Å²) < 4.78 is 32.9. The molecule has 44 heavy (non-hydrogen) atoms. The van der Waals surface area contributed by atoms with Crippen molar-refractivity contribution in [2.45, 2.75) is 84.2 Å². The first kappa shape index (κ1) is 41.4. The fourth-order valence-corrected chi connectivity index (χ4v) is 4.03. The zero-order chi connectivity index (χ0) is 32.9. The van der Waals surface area contributed by atoms with Crippen molar-refractivity contribution in [1.82, 2.24) is 0 Å². The van der Waals surface area contributed by atoms with Gasteiger partial charge in [-0.3, -0.25) is 14.2 Å². The number of esters is 2. The Kier molecular flexibility index (Phi) is 25.3. The molecule has 0 aliphatic heterocycles. The van der Waals surface area contributed by atoms with Crippen LogP contribution in [0.1, 0.15) is 78.1 Å². The topological polar surface area (TPSA) is 111 Å². The molecule has 0 N–H and O–H groups in total. The van der Waals surface area contributed by atoms with E-state index in [0.29, 0.717) is 23.9 Å². The predicted octanol–water partition coefficient (Wildman–Crippen LogP) is 6.93. The number of phosphoric acid groups is 1. The smallest absolute Gasteiger partial charge is 0.306 e. The fraction of sp³-hybridized carbons (Fsp3) is 0.588. The molecule has 0 amide bonds. The van der Waals surface area contributed by atoms with Crippen LogP contribution in [0.25, 0.3) is 0 Å². The summed E-state index contributed by atoms with van der Waals surface area (Å²) in [5.41, 5.74) is 0. The predicted molar refractivity (Wildman–Crippen MR) is 176 cm³/mol. The second-order valence-electron chi connectivity index (χ2n) is 11.1. The molecular weight excluding hydrogens is 581 g/mol. The van der Waals surface area contributed by atoms with E-state index in [0.717, 1.165) is 38.5 Å². The molecule has 0 aromatic carbocycles. The van der Waals surface area contributed by atoms with Crippen LogP contribution in [0.2, 0.25) is 0 Å². The summed E-state index contributed by atoms with van der Waals surface area (Å²) in [4.78, 5) is 36.2. The minimum absolute atomic E-state index is 0.0494. The molecule has 2 atom stereocenters. The van der Waals surface area contributed by atoms with Crippen LogP contribution in [0.15, 0.2) is 72.9 Å². The van der Waals surface area contributed by atoms with Gasteiger partial charge in [-0.15, -0.1) is 0 Å². The summed E-state index contributed by atoms with van der Waals surface area (Å²) in [5, 5.41) is 0. The Morgan fingerprint density at radius 3 is 1.68 bits per heavy atom. The van der Waals surface area contributed by atoms with E-state index in [4.69, 9.17) is 18.5 Å². The van der Waals surface area contributed by atoms with Crippen molar-refractivity contribution >= 4 is 19.8 Å². The number of hydrogen-bond donors (Lipinski definition) is 0. The minimum atomic E-state index is -4.61. The molecule has 0 aromatic rings. The van der Waals surface area contributed by atoms with Gasteiger partial charge in [0, 0.05) is 12.8 Å². The second-order valence-corrected chi connectivity index (χ2v) is 12.5. The zero-order valence-corrected chi connectivity index (χ0v) is 28.5. The van der Waals surface area contributed by atoms with Crippen LogP contribution in [-0.4, -0.2) is 70.0 Å². The van der Waals surface area contributed by atoms with E-state index in [2.05, 4.69) is 67.7 Å².